The van der Waals surface area contributed by atoms with Gasteiger partial charge in [-0.05, 0) is 31.2 Å². The number of carbonyl (C=O) groups excluding carboxylic acids is 2. The van der Waals surface area contributed by atoms with Crippen LogP contribution in [0.5, 0.6) is 17.2 Å². The van der Waals surface area contributed by atoms with Crippen molar-refractivity contribution in [2.24, 2.45) is 0 Å². The maximum absolute atomic E-state index is 12.2. The van der Waals surface area contributed by atoms with Crippen LogP contribution in [0.25, 0.3) is 0 Å². The molecule has 130 valence electrons. The van der Waals surface area contributed by atoms with Crippen LogP contribution in [0, 0.1) is 0 Å². The van der Waals surface area contributed by atoms with E-state index in [0.717, 1.165) is 0 Å². The number of benzene rings is 2. The van der Waals surface area contributed by atoms with Gasteiger partial charge in [0.05, 0.1) is 19.8 Å². The molecule has 7 nitrogen and oxygen atoms in total. The van der Waals surface area contributed by atoms with Crippen molar-refractivity contribution in [2.45, 2.75) is 13.2 Å². The number of carbonyl (C=O) groups is 2. The molecule has 2 aromatic rings. The van der Waals surface area contributed by atoms with Gasteiger partial charge >= 0.3 is 5.97 Å². The van der Waals surface area contributed by atoms with Gasteiger partial charge in [-0.2, -0.15) is 0 Å². The summed E-state index contributed by atoms with van der Waals surface area (Å²) in [6.07, 6.45) is -0.745. The molecule has 3 rings (SSSR count). The second kappa shape index (κ2) is 6.35. The van der Waals surface area contributed by atoms with Crippen molar-refractivity contribution in [1.82, 2.24) is 0 Å². The monoisotopic (exact) mass is 343 g/mol. The summed E-state index contributed by atoms with van der Waals surface area (Å²) in [5.41, 5.74) is 1.62. The quantitative estimate of drug-likeness (QED) is 0.637. The molecule has 0 radical (unpaired) electrons. The fourth-order valence-corrected chi connectivity index (χ4v) is 2.78. The number of ketones is 1. The van der Waals surface area contributed by atoms with Gasteiger partial charge in [-0.3, -0.25) is 4.79 Å². The van der Waals surface area contributed by atoms with Crippen molar-refractivity contribution in [3.05, 3.63) is 47.0 Å². The van der Waals surface area contributed by atoms with Gasteiger partial charge in [0.2, 0.25) is 6.23 Å². The number of anilines is 1. The minimum Gasteiger partial charge on any atom is -0.507 e. The Morgan fingerprint density at radius 2 is 1.96 bits per heavy atom. The Morgan fingerprint density at radius 1 is 1.20 bits per heavy atom. The Bertz CT molecular complexity index is 861. The van der Waals surface area contributed by atoms with E-state index < -0.39 is 12.2 Å². The Labute approximate surface area is 144 Å². The minimum atomic E-state index is -0.745. The summed E-state index contributed by atoms with van der Waals surface area (Å²) in [5.74, 6) is -0.174. The van der Waals surface area contributed by atoms with Crippen LogP contribution in [0.2, 0.25) is 0 Å². The van der Waals surface area contributed by atoms with Crippen molar-refractivity contribution < 1.29 is 28.9 Å². The van der Waals surface area contributed by atoms with Crippen LogP contribution in [0.1, 0.15) is 39.4 Å². The predicted octanol–water partition coefficient (Wildman–Crippen LogP) is 2.89. The Morgan fingerprint density at radius 3 is 2.56 bits per heavy atom. The molecule has 0 saturated carbocycles. The number of methoxy groups -OCH3 is 2. The molecular weight excluding hydrogens is 326 g/mol. The van der Waals surface area contributed by atoms with Crippen LogP contribution >= 0.6 is 0 Å². The number of phenolic OH excluding ortho intramolecular Hbond substituents is 1. The molecule has 0 aliphatic carbocycles. The summed E-state index contributed by atoms with van der Waals surface area (Å²) in [6, 6.07) is 7.94. The average Bonchev–Trinajstić information content (AvgIpc) is 2.89. The number of aromatic hydroxyl groups is 1. The maximum Gasteiger partial charge on any atom is 0.344 e. The molecular formula is C18H17NO6. The molecule has 1 aliphatic rings. The zero-order valence-electron chi connectivity index (χ0n) is 14.0. The lowest BCUT2D eigenvalue weighted by atomic mass is 10.1. The molecule has 1 atom stereocenters. The van der Waals surface area contributed by atoms with Crippen LogP contribution in [0.4, 0.5) is 5.69 Å². The van der Waals surface area contributed by atoms with Crippen LogP contribution in [0.3, 0.4) is 0 Å². The molecule has 0 unspecified atom stereocenters. The van der Waals surface area contributed by atoms with Crippen molar-refractivity contribution >= 4 is 17.4 Å². The van der Waals surface area contributed by atoms with Crippen molar-refractivity contribution in [1.29, 1.82) is 0 Å². The first-order valence-electron chi connectivity index (χ1n) is 7.52. The van der Waals surface area contributed by atoms with Crippen molar-refractivity contribution in [2.75, 3.05) is 19.5 Å². The summed E-state index contributed by atoms with van der Waals surface area (Å²) < 4.78 is 15.8. The zero-order chi connectivity index (χ0) is 18.1. The van der Waals surface area contributed by atoms with E-state index >= 15 is 0 Å². The number of hydrogen-bond acceptors (Lipinski definition) is 7. The van der Waals surface area contributed by atoms with Crippen LogP contribution < -0.4 is 14.8 Å². The number of hydrogen-bond donors (Lipinski definition) is 2. The molecule has 2 N–H and O–H groups in total. The first-order valence-corrected chi connectivity index (χ1v) is 7.52. The second-order valence-electron chi connectivity index (χ2n) is 5.48. The standard InChI is InChI=1S/C18H17NO6/c1-9(20)11-5-4-10(8-13(11)21)19-17-12-6-7-14(23-2)16(24-3)15(12)18(22)25-17/h4-8,17,19,21H,1-3H3/t17-/m0/s1. The highest BCUT2D eigenvalue weighted by atomic mass is 16.6. The largest absolute Gasteiger partial charge is 0.507 e. The summed E-state index contributed by atoms with van der Waals surface area (Å²) in [5, 5.41) is 12.9. The molecule has 2 aromatic carbocycles. The first kappa shape index (κ1) is 16.6. The molecule has 0 amide bonds. The second-order valence-corrected chi connectivity index (χ2v) is 5.48. The topological polar surface area (TPSA) is 94.1 Å². The van der Waals surface area contributed by atoms with Gasteiger partial charge in [-0.15, -0.1) is 0 Å². The number of ether oxygens (including phenoxy) is 3. The van der Waals surface area contributed by atoms with Crippen molar-refractivity contribution in [3.63, 3.8) is 0 Å². The molecule has 1 heterocycles. The van der Waals surface area contributed by atoms with Gasteiger partial charge in [0.15, 0.2) is 17.3 Å². The van der Waals surface area contributed by atoms with Gasteiger partial charge in [0.1, 0.15) is 11.3 Å². The summed E-state index contributed by atoms with van der Waals surface area (Å²) in [4.78, 5) is 23.6. The van der Waals surface area contributed by atoms with Crippen molar-refractivity contribution in [3.8, 4) is 17.2 Å². The number of phenols is 1. The third kappa shape index (κ3) is 2.84. The first-order chi connectivity index (χ1) is 12.0. The van der Waals surface area contributed by atoms with Crippen LogP contribution in [0.15, 0.2) is 30.3 Å². The van der Waals surface area contributed by atoms with E-state index in [-0.39, 0.29) is 17.1 Å². The Kier molecular flexibility index (Phi) is 4.22. The number of rotatable bonds is 5. The normalized spacial score (nSPS) is 15.3. The molecule has 0 aromatic heterocycles. The number of Topliss-reactive ketones (excluding diaryl/α,β-unsaturated/α-hetero) is 1. The highest BCUT2D eigenvalue weighted by molar-refractivity contribution is 5.99. The Balaban J connectivity index is 1.94. The average molecular weight is 343 g/mol. The van der Waals surface area contributed by atoms with Gasteiger partial charge in [-0.1, -0.05) is 0 Å². The fourth-order valence-electron chi connectivity index (χ4n) is 2.78. The molecule has 0 spiro atoms. The molecule has 25 heavy (non-hydrogen) atoms. The summed E-state index contributed by atoms with van der Waals surface area (Å²) >= 11 is 0. The highest BCUT2D eigenvalue weighted by Gasteiger charge is 2.35. The maximum atomic E-state index is 12.2. The smallest absolute Gasteiger partial charge is 0.344 e. The zero-order valence-corrected chi connectivity index (χ0v) is 14.0. The lowest BCUT2D eigenvalue weighted by Gasteiger charge is -2.15. The lowest BCUT2D eigenvalue weighted by Crippen LogP contribution is -2.10. The lowest BCUT2D eigenvalue weighted by molar-refractivity contribution is 0.0435. The molecule has 0 saturated heterocycles. The van der Waals surface area contributed by atoms with E-state index in [4.69, 9.17) is 14.2 Å². The van der Waals surface area contributed by atoms with E-state index in [1.807, 2.05) is 0 Å². The minimum absolute atomic E-state index is 0.144. The Hall–Kier alpha value is -3.22. The highest BCUT2D eigenvalue weighted by Crippen LogP contribution is 2.42. The molecule has 0 fully saturated rings. The number of esters is 1. The molecule has 7 heteroatoms. The van der Waals surface area contributed by atoms with E-state index in [1.54, 1.807) is 18.2 Å². The molecule has 1 aliphatic heterocycles. The third-order valence-corrected chi connectivity index (χ3v) is 3.96. The van der Waals surface area contributed by atoms with E-state index in [9.17, 15) is 14.7 Å². The van der Waals surface area contributed by atoms with Gasteiger partial charge in [-0.25, -0.2) is 4.79 Å². The number of cyclic esters (lactones) is 1. The SMILES string of the molecule is COc1ccc2c(c1OC)C(=O)O[C@@H]2Nc1ccc(C(C)=O)c(O)c1. The molecule has 0 bridgehead atoms. The van der Waals surface area contributed by atoms with Gasteiger partial charge < -0.3 is 24.6 Å². The number of nitrogens with one attached hydrogen (secondary N) is 1. The summed E-state index contributed by atoms with van der Waals surface area (Å²) in [6.45, 7) is 1.37. The third-order valence-electron chi connectivity index (χ3n) is 3.96. The van der Waals surface area contributed by atoms with Gasteiger partial charge in [0.25, 0.3) is 0 Å². The van der Waals surface area contributed by atoms with Crippen LogP contribution in [-0.4, -0.2) is 31.1 Å². The van der Waals surface area contributed by atoms with E-state index in [0.29, 0.717) is 28.3 Å². The summed E-state index contributed by atoms with van der Waals surface area (Å²) in [7, 11) is 2.93. The van der Waals surface area contributed by atoms with Crippen LogP contribution in [-0.2, 0) is 4.74 Å². The van der Waals surface area contributed by atoms with Gasteiger partial charge in [0, 0.05) is 17.3 Å². The number of fused-ring (bicyclic) bond motifs is 1. The van der Waals surface area contributed by atoms with E-state index in [1.165, 1.54) is 33.3 Å². The van der Waals surface area contributed by atoms with E-state index in [2.05, 4.69) is 5.32 Å². The predicted molar refractivity (Wildman–Crippen MR) is 89.4 cm³/mol. The fraction of sp³-hybridized carbons (Fsp3) is 0.222.